The van der Waals surface area contributed by atoms with Crippen molar-refractivity contribution in [2.45, 2.75) is 12.5 Å². The minimum Gasteiger partial charge on any atom is -0.311 e. The van der Waals surface area contributed by atoms with Crippen LogP contribution in [0.3, 0.4) is 0 Å². The van der Waals surface area contributed by atoms with Crippen molar-refractivity contribution in [2.24, 2.45) is 0 Å². The average molecular weight is 423 g/mol. The van der Waals surface area contributed by atoms with Crippen LogP contribution in [0.1, 0.15) is 17.3 Å². The number of pyridine rings is 1. The molecule has 0 radical (unpaired) electrons. The van der Waals surface area contributed by atoms with Gasteiger partial charge in [0.05, 0.1) is 11.7 Å². The van der Waals surface area contributed by atoms with Gasteiger partial charge >= 0.3 is 0 Å². The van der Waals surface area contributed by atoms with Gasteiger partial charge in [0.15, 0.2) is 0 Å². The highest BCUT2D eigenvalue weighted by Crippen LogP contribution is 2.28. The third-order valence-electron chi connectivity index (χ3n) is 2.95. The molecule has 1 atom stereocenters. The molecule has 20 heavy (non-hydrogen) atoms. The number of aromatic nitrogens is 1. The van der Waals surface area contributed by atoms with Gasteiger partial charge in [-0.05, 0) is 75.2 Å². The molecule has 0 aliphatic carbocycles. The molecule has 2 nitrogen and oxygen atoms in total. The normalized spacial score (nSPS) is 12.4. The quantitative estimate of drug-likeness (QED) is 0.758. The van der Waals surface area contributed by atoms with Crippen LogP contribution in [0.25, 0.3) is 0 Å². The van der Waals surface area contributed by atoms with Gasteiger partial charge in [-0.25, -0.2) is 4.39 Å². The first-order valence-electron chi connectivity index (χ1n) is 5.93. The number of nitrogens with one attached hydrogen (secondary N) is 1. The van der Waals surface area contributed by atoms with Crippen molar-refractivity contribution in [1.29, 1.82) is 0 Å². The molecule has 0 fully saturated rings. The average Bonchev–Trinajstić information content (AvgIpc) is 2.40. The molecule has 0 aliphatic rings. The maximum Gasteiger partial charge on any atom is 0.126 e. The fraction of sp³-hybridized carbons (Fsp3) is 0.214. The molecule has 0 amide bonds. The maximum absolute atomic E-state index is 13.8. The lowest BCUT2D eigenvalue weighted by Crippen LogP contribution is -2.21. The topological polar surface area (TPSA) is 24.9 Å². The third-order valence-corrected chi connectivity index (χ3v) is 4.25. The summed E-state index contributed by atoms with van der Waals surface area (Å²) in [5.74, 6) is -0.261. The lowest BCUT2D eigenvalue weighted by molar-refractivity contribution is 0.543. The summed E-state index contributed by atoms with van der Waals surface area (Å²) in [6.07, 6.45) is 2.19. The Hall–Kier alpha value is -0.490. The Bertz CT molecular complexity index is 622. The number of halogens is 4. The third kappa shape index (κ3) is 3.79. The van der Waals surface area contributed by atoms with Crippen LogP contribution < -0.4 is 5.32 Å². The summed E-state index contributed by atoms with van der Waals surface area (Å²) in [5.41, 5.74) is 1.39. The highest BCUT2D eigenvalue weighted by Gasteiger charge is 2.17. The molecular weight excluding hydrogens is 410 g/mol. The van der Waals surface area contributed by atoms with E-state index >= 15 is 0 Å². The minimum absolute atomic E-state index is 0.106. The van der Waals surface area contributed by atoms with Crippen LogP contribution in [-0.4, -0.2) is 12.0 Å². The van der Waals surface area contributed by atoms with Crippen LogP contribution in [0.2, 0.25) is 5.02 Å². The first-order chi connectivity index (χ1) is 9.51. The molecule has 0 aliphatic heterocycles. The highest BCUT2D eigenvalue weighted by atomic mass is 79.9. The predicted molar refractivity (Wildman–Crippen MR) is 86.6 cm³/mol. The molecule has 0 saturated heterocycles. The Morgan fingerprint density at radius 2 is 2.10 bits per heavy atom. The Morgan fingerprint density at radius 1 is 1.35 bits per heavy atom. The highest BCUT2D eigenvalue weighted by molar-refractivity contribution is 9.11. The van der Waals surface area contributed by atoms with Crippen LogP contribution in [0, 0.1) is 5.82 Å². The first kappa shape index (κ1) is 15.9. The minimum atomic E-state index is -0.261. The van der Waals surface area contributed by atoms with E-state index in [0.29, 0.717) is 17.0 Å². The number of likely N-dealkylation sites (N-methyl/N-ethyl adjacent to an activating group) is 1. The summed E-state index contributed by atoms with van der Waals surface area (Å²) >= 11 is 12.8. The van der Waals surface area contributed by atoms with Crippen molar-refractivity contribution in [2.75, 3.05) is 7.05 Å². The van der Waals surface area contributed by atoms with E-state index in [1.54, 1.807) is 18.3 Å². The van der Waals surface area contributed by atoms with Gasteiger partial charge in [-0.1, -0.05) is 11.6 Å². The molecule has 1 unspecified atom stereocenters. The molecule has 0 saturated carbocycles. The molecule has 1 aromatic heterocycles. The SMILES string of the molecule is CNC(Cc1cc(Cl)ccc1F)c1ncc(Br)cc1Br. The zero-order valence-electron chi connectivity index (χ0n) is 10.6. The van der Waals surface area contributed by atoms with Gasteiger partial charge < -0.3 is 5.32 Å². The van der Waals surface area contributed by atoms with E-state index in [0.717, 1.165) is 14.6 Å². The monoisotopic (exact) mass is 420 g/mol. The smallest absolute Gasteiger partial charge is 0.126 e. The van der Waals surface area contributed by atoms with Crippen molar-refractivity contribution in [3.63, 3.8) is 0 Å². The Balaban J connectivity index is 2.31. The van der Waals surface area contributed by atoms with E-state index in [-0.39, 0.29) is 11.9 Å². The van der Waals surface area contributed by atoms with Crippen molar-refractivity contribution >= 4 is 43.5 Å². The predicted octanol–water partition coefficient (Wildman–Crippen LogP) is 4.90. The fourth-order valence-corrected chi connectivity index (χ4v) is 3.40. The summed E-state index contributed by atoms with van der Waals surface area (Å²) in [6.45, 7) is 0. The molecular formula is C14H12Br2ClFN2. The van der Waals surface area contributed by atoms with Crippen molar-refractivity contribution in [1.82, 2.24) is 10.3 Å². The molecule has 1 aromatic carbocycles. The number of hydrogen-bond acceptors (Lipinski definition) is 2. The molecule has 6 heteroatoms. The van der Waals surface area contributed by atoms with E-state index in [9.17, 15) is 4.39 Å². The van der Waals surface area contributed by atoms with Crippen molar-refractivity contribution in [3.8, 4) is 0 Å². The van der Waals surface area contributed by atoms with Gasteiger partial charge in [0.25, 0.3) is 0 Å². The largest absolute Gasteiger partial charge is 0.311 e. The lowest BCUT2D eigenvalue weighted by atomic mass is 10.0. The maximum atomic E-state index is 13.8. The van der Waals surface area contributed by atoms with Crippen LogP contribution in [0.5, 0.6) is 0 Å². The van der Waals surface area contributed by atoms with Gasteiger partial charge in [0.2, 0.25) is 0 Å². The summed E-state index contributed by atoms with van der Waals surface area (Å²) in [6, 6.07) is 6.39. The molecule has 2 rings (SSSR count). The second kappa shape index (κ2) is 6.98. The standard InChI is InChI=1S/C14H12Br2ClFN2/c1-19-13(14-11(16)6-9(15)7-20-14)5-8-4-10(17)2-3-12(8)18/h2-4,6-7,13,19H,5H2,1H3. The Labute approximate surface area is 139 Å². The van der Waals surface area contributed by atoms with Crippen LogP contribution in [0.15, 0.2) is 39.4 Å². The number of rotatable bonds is 4. The second-order valence-corrected chi connectivity index (χ2v) is 6.51. The summed E-state index contributed by atoms with van der Waals surface area (Å²) < 4.78 is 15.6. The summed E-state index contributed by atoms with van der Waals surface area (Å²) in [5, 5.41) is 3.68. The zero-order chi connectivity index (χ0) is 14.7. The van der Waals surface area contributed by atoms with E-state index in [2.05, 4.69) is 42.2 Å². The van der Waals surface area contributed by atoms with Gasteiger partial charge in [-0.15, -0.1) is 0 Å². The van der Waals surface area contributed by atoms with Crippen LogP contribution in [0.4, 0.5) is 4.39 Å². The Morgan fingerprint density at radius 3 is 2.75 bits per heavy atom. The van der Waals surface area contributed by atoms with E-state index in [4.69, 9.17) is 11.6 Å². The van der Waals surface area contributed by atoms with Gasteiger partial charge in [0.1, 0.15) is 5.82 Å². The van der Waals surface area contributed by atoms with Crippen LogP contribution in [-0.2, 0) is 6.42 Å². The lowest BCUT2D eigenvalue weighted by Gasteiger charge is -2.18. The van der Waals surface area contributed by atoms with E-state index < -0.39 is 0 Å². The van der Waals surface area contributed by atoms with Crippen LogP contribution >= 0.6 is 43.5 Å². The zero-order valence-corrected chi connectivity index (χ0v) is 14.6. The molecule has 0 spiro atoms. The molecule has 2 aromatic rings. The number of hydrogen-bond donors (Lipinski definition) is 1. The van der Waals surface area contributed by atoms with E-state index in [1.165, 1.54) is 6.07 Å². The molecule has 0 bridgehead atoms. The Kier molecular flexibility index (Phi) is 5.55. The molecule has 1 heterocycles. The summed E-state index contributed by atoms with van der Waals surface area (Å²) in [4.78, 5) is 4.39. The second-order valence-electron chi connectivity index (χ2n) is 4.30. The molecule has 1 N–H and O–H groups in total. The van der Waals surface area contributed by atoms with E-state index in [1.807, 2.05) is 13.1 Å². The van der Waals surface area contributed by atoms with Gasteiger partial charge in [-0.3, -0.25) is 4.98 Å². The fourth-order valence-electron chi connectivity index (χ4n) is 1.94. The number of nitrogens with zero attached hydrogens (tertiary/aromatic N) is 1. The summed E-state index contributed by atoms with van der Waals surface area (Å²) in [7, 11) is 1.82. The first-order valence-corrected chi connectivity index (χ1v) is 7.89. The molecule has 106 valence electrons. The van der Waals surface area contributed by atoms with Crippen molar-refractivity contribution < 1.29 is 4.39 Å². The van der Waals surface area contributed by atoms with Gasteiger partial charge in [-0.2, -0.15) is 0 Å². The number of benzene rings is 1. The van der Waals surface area contributed by atoms with Gasteiger partial charge in [0, 0.05) is 20.2 Å². The van der Waals surface area contributed by atoms with Crippen molar-refractivity contribution in [3.05, 3.63) is 61.5 Å².